The lowest BCUT2D eigenvalue weighted by atomic mass is 10.2. The van der Waals surface area contributed by atoms with E-state index in [9.17, 15) is 9.59 Å². The third-order valence-electron chi connectivity index (χ3n) is 2.91. The number of aliphatic imine (C=N–C) groups is 1. The lowest BCUT2D eigenvalue weighted by molar-refractivity contribution is -0.141. The standard InChI is InChI=1S/C15H14N2O3S/c1-2-6-11(15(19)20)16-13(18)12-9-21-14(17-12)10-7-4-3-5-8-10/h1,3-5,7-8,11-12H,6,9H2,(H,16,18)(H,19,20). The van der Waals surface area contributed by atoms with Gasteiger partial charge in [-0.2, -0.15) is 0 Å². The van der Waals surface area contributed by atoms with E-state index >= 15 is 0 Å². The van der Waals surface area contributed by atoms with Gasteiger partial charge in [-0.05, 0) is 0 Å². The molecular formula is C15H14N2O3S. The summed E-state index contributed by atoms with van der Waals surface area (Å²) in [7, 11) is 0. The number of amides is 1. The van der Waals surface area contributed by atoms with Crippen LogP contribution in [0.5, 0.6) is 0 Å². The van der Waals surface area contributed by atoms with Gasteiger partial charge in [0.05, 0.1) is 5.04 Å². The topological polar surface area (TPSA) is 78.8 Å². The number of benzene rings is 1. The van der Waals surface area contributed by atoms with Crippen LogP contribution in [0.1, 0.15) is 12.0 Å². The van der Waals surface area contributed by atoms with Crippen molar-refractivity contribution >= 4 is 28.7 Å². The van der Waals surface area contributed by atoms with Crippen LogP contribution in [0.3, 0.4) is 0 Å². The molecule has 0 aromatic heterocycles. The second-order valence-electron chi connectivity index (χ2n) is 4.43. The number of nitrogens with zero attached hydrogens (tertiary/aromatic N) is 1. The molecule has 2 N–H and O–H groups in total. The molecule has 0 bridgehead atoms. The van der Waals surface area contributed by atoms with Crippen molar-refractivity contribution in [3.05, 3.63) is 35.9 Å². The summed E-state index contributed by atoms with van der Waals surface area (Å²) in [6, 6.07) is 7.91. The van der Waals surface area contributed by atoms with Crippen LogP contribution in [-0.4, -0.2) is 39.9 Å². The highest BCUT2D eigenvalue weighted by molar-refractivity contribution is 8.14. The van der Waals surface area contributed by atoms with Gasteiger partial charge in [0.2, 0.25) is 5.91 Å². The Morgan fingerprint density at radius 1 is 1.48 bits per heavy atom. The van der Waals surface area contributed by atoms with Crippen LogP contribution in [0.4, 0.5) is 0 Å². The molecule has 0 fully saturated rings. The number of carbonyl (C=O) groups is 2. The fourth-order valence-corrected chi connectivity index (χ4v) is 2.88. The van der Waals surface area contributed by atoms with Crippen molar-refractivity contribution in [2.45, 2.75) is 18.5 Å². The molecule has 0 spiro atoms. The maximum atomic E-state index is 12.0. The lowest BCUT2D eigenvalue weighted by Gasteiger charge is -2.13. The Morgan fingerprint density at radius 2 is 2.19 bits per heavy atom. The van der Waals surface area contributed by atoms with Gasteiger partial charge in [-0.25, -0.2) is 4.79 Å². The first-order valence-corrected chi connectivity index (χ1v) is 7.33. The van der Waals surface area contributed by atoms with Gasteiger partial charge < -0.3 is 10.4 Å². The minimum Gasteiger partial charge on any atom is -0.480 e. The van der Waals surface area contributed by atoms with Crippen LogP contribution in [0.25, 0.3) is 0 Å². The van der Waals surface area contributed by atoms with E-state index in [-0.39, 0.29) is 6.42 Å². The van der Waals surface area contributed by atoms with Crippen molar-refractivity contribution < 1.29 is 14.7 Å². The van der Waals surface area contributed by atoms with Gasteiger partial charge in [-0.15, -0.1) is 24.1 Å². The zero-order valence-corrected chi connectivity index (χ0v) is 12.0. The first kappa shape index (κ1) is 15.1. The molecule has 2 atom stereocenters. The van der Waals surface area contributed by atoms with Gasteiger partial charge in [0, 0.05) is 17.7 Å². The maximum absolute atomic E-state index is 12.0. The molecule has 1 amide bonds. The molecule has 21 heavy (non-hydrogen) atoms. The molecule has 1 aliphatic heterocycles. The zero-order chi connectivity index (χ0) is 15.2. The summed E-state index contributed by atoms with van der Waals surface area (Å²) in [5, 5.41) is 12.2. The fraction of sp³-hybridized carbons (Fsp3) is 0.267. The molecule has 0 saturated carbocycles. The van der Waals surface area contributed by atoms with Gasteiger partial charge in [0.25, 0.3) is 0 Å². The van der Waals surface area contributed by atoms with Crippen LogP contribution < -0.4 is 5.32 Å². The van der Waals surface area contributed by atoms with E-state index in [2.05, 4.69) is 16.2 Å². The van der Waals surface area contributed by atoms with Gasteiger partial charge in [-0.3, -0.25) is 9.79 Å². The number of terminal acetylenes is 1. The highest BCUT2D eigenvalue weighted by atomic mass is 32.2. The molecule has 1 aromatic rings. The number of carbonyl (C=O) groups excluding carboxylic acids is 1. The van der Waals surface area contributed by atoms with Crippen molar-refractivity contribution in [1.82, 2.24) is 5.32 Å². The minimum atomic E-state index is -1.14. The van der Waals surface area contributed by atoms with E-state index in [1.807, 2.05) is 30.3 Å². The Labute approximate surface area is 126 Å². The number of hydrogen-bond acceptors (Lipinski definition) is 4. The number of hydrogen-bond donors (Lipinski definition) is 2. The molecule has 2 unspecified atom stereocenters. The van der Waals surface area contributed by atoms with Crippen LogP contribution in [0, 0.1) is 12.3 Å². The highest BCUT2D eigenvalue weighted by Gasteiger charge is 2.28. The van der Waals surface area contributed by atoms with Crippen LogP contribution >= 0.6 is 11.8 Å². The predicted octanol–water partition coefficient (Wildman–Crippen LogP) is 1.14. The van der Waals surface area contributed by atoms with Gasteiger partial charge >= 0.3 is 5.97 Å². The summed E-state index contributed by atoms with van der Waals surface area (Å²) < 4.78 is 0. The molecule has 2 rings (SSSR count). The number of carboxylic acids is 1. The summed E-state index contributed by atoms with van der Waals surface area (Å²) >= 11 is 1.48. The number of nitrogens with one attached hydrogen (secondary N) is 1. The molecule has 5 nitrogen and oxygen atoms in total. The van der Waals surface area contributed by atoms with Crippen LogP contribution in [0.2, 0.25) is 0 Å². The second kappa shape index (κ2) is 6.95. The molecule has 1 aromatic carbocycles. The zero-order valence-electron chi connectivity index (χ0n) is 11.2. The molecule has 0 radical (unpaired) electrons. The average Bonchev–Trinajstić information content (AvgIpc) is 2.97. The smallest absolute Gasteiger partial charge is 0.327 e. The van der Waals surface area contributed by atoms with Crippen molar-refractivity contribution in [2.75, 3.05) is 5.75 Å². The van der Waals surface area contributed by atoms with Crippen molar-refractivity contribution in [3.8, 4) is 12.3 Å². The summed E-state index contributed by atoms with van der Waals surface area (Å²) in [4.78, 5) is 27.4. The molecule has 0 saturated heterocycles. The largest absolute Gasteiger partial charge is 0.480 e. The highest BCUT2D eigenvalue weighted by Crippen LogP contribution is 2.23. The van der Waals surface area contributed by atoms with E-state index in [1.165, 1.54) is 11.8 Å². The quantitative estimate of drug-likeness (QED) is 0.800. The maximum Gasteiger partial charge on any atom is 0.327 e. The number of rotatable bonds is 5. The molecule has 1 aliphatic rings. The Bertz CT molecular complexity index is 607. The SMILES string of the molecule is C#CCC(NC(=O)C1CSC(c2ccccc2)=N1)C(=O)O. The third-order valence-corrected chi connectivity index (χ3v) is 4.01. The average molecular weight is 302 g/mol. The first-order valence-electron chi connectivity index (χ1n) is 6.34. The molecule has 1 heterocycles. The Morgan fingerprint density at radius 3 is 2.81 bits per heavy atom. The molecule has 0 aliphatic carbocycles. The third kappa shape index (κ3) is 3.86. The fourth-order valence-electron chi connectivity index (χ4n) is 1.83. The van der Waals surface area contributed by atoms with E-state index in [1.54, 1.807) is 0 Å². The summed E-state index contributed by atoms with van der Waals surface area (Å²) in [6.45, 7) is 0. The summed E-state index contributed by atoms with van der Waals surface area (Å²) in [5.74, 6) is 1.20. The van der Waals surface area contributed by atoms with E-state index < -0.39 is 24.0 Å². The monoisotopic (exact) mass is 302 g/mol. The summed E-state index contributed by atoms with van der Waals surface area (Å²) in [6.07, 6.45) is 5.05. The predicted molar refractivity (Wildman–Crippen MR) is 82.2 cm³/mol. The van der Waals surface area contributed by atoms with Gasteiger partial charge in [0.1, 0.15) is 12.1 Å². The second-order valence-corrected chi connectivity index (χ2v) is 5.44. The van der Waals surface area contributed by atoms with E-state index in [0.29, 0.717) is 5.75 Å². The van der Waals surface area contributed by atoms with E-state index in [0.717, 1.165) is 10.6 Å². The number of carboxylic acid groups (broad SMARTS) is 1. The normalized spacial score (nSPS) is 18.4. The van der Waals surface area contributed by atoms with Crippen molar-refractivity contribution in [3.63, 3.8) is 0 Å². The first-order chi connectivity index (χ1) is 10.1. The van der Waals surface area contributed by atoms with Crippen LogP contribution in [-0.2, 0) is 9.59 Å². The van der Waals surface area contributed by atoms with Crippen molar-refractivity contribution in [1.29, 1.82) is 0 Å². The Balaban J connectivity index is 2.03. The summed E-state index contributed by atoms with van der Waals surface area (Å²) in [5.41, 5.74) is 0.955. The van der Waals surface area contributed by atoms with E-state index in [4.69, 9.17) is 11.5 Å². The number of thioether (sulfide) groups is 1. The molecule has 108 valence electrons. The minimum absolute atomic E-state index is 0.0454. The Hall–Kier alpha value is -2.26. The Kier molecular flexibility index (Phi) is 5.01. The van der Waals surface area contributed by atoms with Crippen LogP contribution in [0.15, 0.2) is 35.3 Å². The van der Waals surface area contributed by atoms with Gasteiger partial charge in [-0.1, -0.05) is 30.3 Å². The molecular weight excluding hydrogens is 288 g/mol. The lowest BCUT2D eigenvalue weighted by Crippen LogP contribution is -2.45. The molecule has 6 heteroatoms. The van der Waals surface area contributed by atoms with Gasteiger partial charge in [0.15, 0.2) is 0 Å². The van der Waals surface area contributed by atoms with Crippen molar-refractivity contribution in [2.24, 2.45) is 4.99 Å². The number of aliphatic carboxylic acids is 1.